The topological polar surface area (TPSA) is 77.3 Å². The average Bonchev–Trinajstić information content (AvgIpc) is 3.16. The lowest BCUT2D eigenvalue weighted by molar-refractivity contribution is 0.175. The molecule has 1 aliphatic rings. The first-order valence-corrected chi connectivity index (χ1v) is 11.1. The molecule has 0 saturated carbocycles. The molecule has 1 atom stereocenters. The van der Waals surface area contributed by atoms with Crippen molar-refractivity contribution in [2.75, 3.05) is 10.8 Å². The minimum Gasteiger partial charge on any atom is -0.484 e. The Morgan fingerprint density at radius 1 is 1.00 bits per heavy atom. The Balaban J connectivity index is 1.52. The van der Waals surface area contributed by atoms with E-state index in [-0.39, 0.29) is 11.4 Å². The summed E-state index contributed by atoms with van der Waals surface area (Å²) in [6.45, 7) is 2.50. The van der Waals surface area contributed by atoms with Gasteiger partial charge in [-0.25, -0.2) is 13.1 Å². The molecular weight excluding hydrogens is 400 g/mol. The second-order valence-electron chi connectivity index (χ2n) is 7.32. The lowest BCUT2D eigenvalue weighted by Crippen LogP contribution is -2.45. The average molecular weight is 420 g/mol. The van der Waals surface area contributed by atoms with Gasteiger partial charge in [0.1, 0.15) is 17.4 Å². The van der Waals surface area contributed by atoms with Crippen LogP contribution < -0.4 is 9.04 Å². The Morgan fingerprint density at radius 3 is 2.57 bits per heavy atom. The van der Waals surface area contributed by atoms with Crippen molar-refractivity contribution in [2.45, 2.75) is 24.5 Å². The number of hydrogen-bond donors (Lipinski definition) is 0. The molecule has 1 aromatic heterocycles. The Morgan fingerprint density at radius 2 is 1.73 bits per heavy atom. The summed E-state index contributed by atoms with van der Waals surface area (Å²) in [5, 5.41) is 8.40. The van der Waals surface area contributed by atoms with E-state index in [4.69, 9.17) is 4.74 Å². The molecule has 2 heterocycles. The number of aryl methyl sites for hydroxylation is 1. The van der Waals surface area contributed by atoms with Crippen molar-refractivity contribution in [2.24, 2.45) is 0 Å². The van der Waals surface area contributed by atoms with Crippen molar-refractivity contribution >= 4 is 26.7 Å². The van der Waals surface area contributed by atoms with Crippen LogP contribution in [0.1, 0.15) is 5.56 Å². The van der Waals surface area contributed by atoms with Gasteiger partial charge in [-0.1, -0.05) is 47.2 Å². The predicted molar refractivity (Wildman–Crippen MR) is 114 cm³/mol. The number of fused-ring (bicyclic) bond motifs is 2. The van der Waals surface area contributed by atoms with E-state index in [1.807, 2.05) is 43.3 Å². The molecule has 152 valence electrons. The van der Waals surface area contributed by atoms with Crippen LogP contribution in [0.15, 0.2) is 77.7 Å². The van der Waals surface area contributed by atoms with Crippen LogP contribution in [-0.2, 0) is 16.6 Å². The largest absolute Gasteiger partial charge is 0.484 e. The molecule has 3 aromatic carbocycles. The normalized spacial score (nSPS) is 16.3. The van der Waals surface area contributed by atoms with Crippen molar-refractivity contribution in [1.82, 2.24) is 15.0 Å². The molecule has 7 nitrogen and oxygen atoms in total. The van der Waals surface area contributed by atoms with E-state index < -0.39 is 16.1 Å². The number of nitrogens with zero attached hydrogens (tertiary/aromatic N) is 4. The number of sulfonamides is 1. The van der Waals surface area contributed by atoms with Gasteiger partial charge in [0.05, 0.1) is 29.2 Å². The number of para-hydroxylation sites is 3. The summed E-state index contributed by atoms with van der Waals surface area (Å²) in [5.74, 6) is 0.536. The van der Waals surface area contributed by atoms with E-state index in [2.05, 4.69) is 10.3 Å². The van der Waals surface area contributed by atoms with Crippen molar-refractivity contribution in [3.05, 3.63) is 78.4 Å². The zero-order valence-electron chi connectivity index (χ0n) is 16.3. The maximum absolute atomic E-state index is 13.5. The van der Waals surface area contributed by atoms with Crippen LogP contribution in [-0.4, -0.2) is 36.1 Å². The molecule has 0 N–H and O–H groups in total. The fourth-order valence-corrected chi connectivity index (χ4v) is 5.17. The van der Waals surface area contributed by atoms with Crippen molar-refractivity contribution in [3.63, 3.8) is 0 Å². The highest BCUT2D eigenvalue weighted by atomic mass is 32.2. The van der Waals surface area contributed by atoms with E-state index >= 15 is 0 Å². The smallest absolute Gasteiger partial charge is 0.264 e. The van der Waals surface area contributed by atoms with Gasteiger partial charge in [-0.2, -0.15) is 0 Å². The zero-order chi connectivity index (χ0) is 20.7. The predicted octanol–water partition coefficient (Wildman–Crippen LogP) is 3.40. The maximum Gasteiger partial charge on any atom is 0.264 e. The number of ether oxygens (including phenoxy) is 1. The minimum absolute atomic E-state index is 0.182. The van der Waals surface area contributed by atoms with Gasteiger partial charge in [-0.3, -0.25) is 4.31 Å². The van der Waals surface area contributed by atoms with E-state index in [0.29, 0.717) is 18.0 Å². The number of anilines is 1. The number of rotatable bonds is 4. The first kappa shape index (κ1) is 18.6. The second kappa shape index (κ2) is 7.14. The molecule has 5 rings (SSSR count). The van der Waals surface area contributed by atoms with Crippen molar-refractivity contribution < 1.29 is 13.2 Å². The molecule has 1 aliphatic heterocycles. The van der Waals surface area contributed by atoms with Crippen LogP contribution >= 0.6 is 0 Å². The molecule has 30 heavy (non-hydrogen) atoms. The lowest BCUT2D eigenvalue weighted by Gasteiger charge is -2.35. The molecule has 8 heteroatoms. The van der Waals surface area contributed by atoms with Gasteiger partial charge in [0.2, 0.25) is 0 Å². The minimum atomic E-state index is -3.74. The monoisotopic (exact) mass is 420 g/mol. The van der Waals surface area contributed by atoms with Crippen LogP contribution in [0.3, 0.4) is 0 Å². The van der Waals surface area contributed by atoms with E-state index in [1.54, 1.807) is 41.1 Å². The van der Waals surface area contributed by atoms with Crippen molar-refractivity contribution in [1.29, 1.82) is 0 Å². The maximum atomic E-state index is 13.5. The molecule has 0 aliphatic carbocycles. The summed E-state index contributed by atoms with van der Waals surface area (Å²) in [6, 6.07) is 21.8. The van der Waals surface area contributed by atoms with Crippen LogP contribution in [0, 0.1) is 6.92 Å². The Labute approximate surface area is 174 Å². The molecule has 0 saturated heterocycles. The van der Waals surface area contributed by atoms with Gasteiger partial charge in [0, 0.05) is 0 Å². The summed E-state index contributed by atoms with van der Waals surface area (Å²) in [7, 11) is -3.74. The van der Waals surface area contributed by atoms with Gasteiger partial charge in [0.25, 0.3) is 10.0 Å². The van der Waals surface area contributed by atoms with Crippen molar-refractivity contribution in [3.8, 4) is 5.75 Å². The van der Waals surface area contributed by atoms with E-state index in [1.165, 1.54) is 4.31 Å². The standard InChI is InChI=1S/C22H20N4O3S/c1-16-10-12-18(13-11-16)30(27,28)26-15-17(29-22-9-5-4-8-21(22)26)14-25-20-7-3-2-6-19(20)23-24-25/h2-13,17H,14-15H2,1H3. The van der Waals surface area contributed by atoms with Gasteiger partial charge < -0.3 is 4.74 Å². The molecule has 0 fully saturated rings. The number of benzene rings is 3. The van der Waals surface area contributed by atoms with Crippen LogP contribution in [0.5, 0.6) is 5.75 Å². The van der Waals surface area contributed by atoms with E-state index in [9.17, 15) is 8.42 Å². The third-order valence-corrected chi connectivity index (χ3v) is 7.00. The van der Waals surface area contributed by atoms with Crippen LogP contribution in [0.4, 0.5) is 5.69 Å². The summed E-state index contributed by atoms with van der Waals surface area (Å²) in [6.07, 6.45) is -0.412. The number of hydrogen-bond acceptors (Lipinski definition) is 5. The SMILES string of the molecule is Cc1ccc(S(=O)(=O)N2CC(Cn3nnc4ccccc43)Oc3ccccc32)cc1. The molecular formula is C22H20N4O3S. The molecule has 0 radical (unpaired) electrons. The fourth-order valence-electron chi connectivity index (χ4n) is 3.67. The van der Waals surface area contributed by atoms with Gasteiger partial charge in [-0.05, 0) is 43.3 Å². The quantitative estimate of drug-likeness (QED) is 0.506. The fraction of sp³-hybridized carbons (Fsp3) is 0.182. The Bertz CT molecular complexity index is 1320. The highest BCUT2D eigenvalue weighted by Crippen LogP contribution is 2.37. The summed E-state index contributed by atoms with van der Waals surface area (Å²) in [5.41, 5.74) is 3.22. The molecule has 1 unspecified atom stereocenters. The first-order chi connectivity index (χ1) is 14.5. The molecule has 0 spiro atoms. The summed E-state index contributed by atoms with van der Waals surface area (Å²) < 4.78 is 36.2. The first-order valence-electron chi connectivity index (χ1n) is 9.66. The van der Waals surface area contributed by atoms with Gasteiger partial charge in [0.15, 0.2) is 0 Å². The molecule has 0 amide bonds. The van der Waals surface area contributed by atoms with Gasteiger partial charge in [-0.15, -0.1) is 5.10 Å². The Hall–Kier alpha value is -3.39. The van der Waals surface area contributed by atoms with Gasteiger partial charge >= 0.3 is 0 Å². The van der Waals surface area contributed by atoms with Crippen LogP contribution in [0.25, 0.3) is 11.0 Å². The molecule has 4 aromatic rings. The Kier molecular flexibility index (Phi) is 4.43. The lowest BCUT2D eigenvalue weighted by atomic mass is 10.2. The van der Waals surface area contributed by atoms with E-state index in [0.717, 1.165) is 16.6 Å². The van der Waals surface area contributed by atoms with Crippen LogP contribution in [0.2, 0.25) is 0 Å². The number of aromatic nitrogens is 3. The highest BCUT2D eigenvalue weighted by molar-refractivity contribution is 7.92. The molecule has 0 bridgehead atoms. The third kappa shape index (κ3) is 3.19. The highest BCUT2D eigenvalue weighted by Gasteiger charge is 2.34. The summed E-state index contributed by atoms with van der Waals surface area (Å²) in [4.78, 5) is 0.259. The third-order valence-electron chi connectivity index (χ3n) is 5.20. The zero-order valence-corrected chi connectivity index (χ0v) is 17.2. The summed E-state index contributed by atoms with van der Waals surface area (Å²) >= 11 is 0. The second-order valence-corrected chi connectivity index (χ2v) is 9.18.